The molecule has 3 aromatic heterocycles. The number of hydrogen-bond acceptors (Lipinski definition) is 3. The van der Waals surface area contributed by atoms with Gasteiger partial charge in [-0.05, 0) is 0 Å². The number of aromatic nitrogens is 6. The predicted octanol–water partition coefficient (Wildman–Crippen LogP) is 9.01. The van der Waals surface area contributed by atoms with Gasteiger partial charge in [0.15, 0.2) is 86.9 Å². The fourth-order valence-corrected chi connectivity index (χ4v) is 5.18. The van der Waals surface area contributed by atoms with Crippen LogP contribution in [0.25, 0.3) is 32.7 Å². The Hall–Kier alpha value is -5.40. The second-order valence-electron chi connectivity index (χ2n) is 10.2. The average molecular weight is 784 g/mol. The molecule has 0 amide bonds. The molecule has 0 saturated carbocycles. The lowest BCUT2D eigenvalue weighted by Gasteiger charge is -2.22. The van der Waals surface area contributed by atoms with Crippen LogP contribution in [0.2, 0.25) is 0 Å². The molecule has 0 spiro atoms. The number of hydrogen-bond donors (Lipinski definition) is 0. The maximum Gasteiger partial charge on any atom is 0.435 e. The van der Waals surface area contributed by atoms with Crippen LogP contribution >= 0.6 is 0 Å². The van der Waals surface area contributed by atoms with E-state index in [-0.39, 0.29) is 0 Å². The van der Waals surface area contributed by atoms with Crippen molar-refractivity contribution in [2.24, 2.45) is 0 Å². The number of benzene rings is 3. The summed E-state index contributed by atoms with van der Waals surface area (Å²) in [5.41, 5.74) is -16.5. The highest BCUT2D eigenvalue weighted by molar-refractivity contribution is 5.87. The Labute approximate surface area is 266 Å². The molecule has 0 N–H and O–H groups in total. The van der Waals surface area contributed by atoms with Gasteiger partial charge >= 0.3 is 18.5 Å². The molecular formula is C25HF21N6. The van der Waals surface area contributed by atoms with Crippen LogP contribution in [0.5, 0.6) is 0 Å². The molecule has 3 aromatic carbocycles. The predicted molar refractivity (Wildman–Crippen MR) is 124 cm³/mol. The van der Waals surface area contributed by atoms with Crippen molar-refractivity contribution in [1.82, 2.24) is 29.3 Å². The second-order valence-corrected chi connectivity index (χ2v) is 10.2. The van der Waals surface area contributed by atoms with Crippen molar-refractivity contribution in [3.63, 3.8) is 0 Å². The van der Waals surface area contributed by atoms with Gasteiger partial charge in [0.1, 0.15) is 16.6 Å². The SMILES string of the molecule is Fc1c(F)c(F)c2c(c(C(F)(F)F)nn2C(n2nc(C(F)(F)F)c3c(F)c(F)c(F)c(F)c32)n2nc(C(F)(F)F)c3c(F)c(F)c(F)c(F)c32)c1F. The summed E-state index contributed by atoms with van der Waals surface area (Å²) in [6.45, 7) is 0. The minimum absolute atomic E-state index is 1.19. The number of halogens is 21. The van der Waals surface area contributed by atoms with Gasteiger partial charge in [0.25, 0.3) is 0 Å². The summed E-state index contributed by atoms with van der Waals surface area (Å²) < 4.78 is 300. The van der Waals surface area contributed by atoms with Gasteiger partial charge in [-0.1, -0.05) is 0 Å². The molecule has 0 saturated heterocycles. The molecule has 0 radical (unpaired) electrons. The summed E-state index contributed by atoms with van der Waals surface area (Å²) in [5.74, 6) is -36.9. The lowest BCUT2D eigenvalue weighted by Crippen LogP contribution is -2.31. The van der Waals surface area contributed by atoms with Crippen molar-refractivity contribution < 1.29 is 92.2 Å². The molecule has 0 fully saturated rings. The van der Waals surface area contributed by atoms with Crippen LogP contribution in [0.3, 0.4) is 0 Å². The zero-order chi connectivity index (χ0) is 39.1. The summed E-state index contributed by atoms with van der Waals surface area (Å²) in [5, 5.41) is -0.292. The molecule has 52 heavy (non-hydrogen) atoms. The number of fused-ring (bicyclic) bond motifs is 3. The molecule has 0 aliphatic carbocycles. The first-order valence-electron chi connectivity index (χ1n) is 12.7. The minimum Gasteiger partial charge on any atom is -0.216 e. The van der Waals surface area contributed by atoms with Gasteiger partial charge < -0.3 is 0 Å². The molecule has 3 heterocycles. The van der Waals surface area contributed by atoms with Crippen LogP contribution in [0.1, 0.15) is 23.4 Å². The Morgan fingerprint density at radius 3 is 0.692 bits per heavy atom. The smallest absolute Gasteiger partial charge is 0.216 e. The van der Waals surface area contributed by atoms with E-state index in [2.05, 4.69) is 15.3 Å². The topological polar surface area (TPSA) is 53.5 Å². The normalized spacial score (nSPS) is 13.3. The van der Waals surface area contributed by atoms with Crippen molar-refractivity contribution in [3.05, 3.63) is 86.9 Å². The molecule has 278 valence electrons. The van der Waals surface area contributed by atoms with Gasteiger partial charge in [-0.25, -0.2) is 66.7 Å². The zero-order valence-corrected chi connectivity index (χ0v) is 23.2. The van der Waals surface area contributed by atoms with Crippen LogP contribution in [0.4, 0.5) is 92.2 Å². The third-order valence-electron chi connectivity index (χ3n) is 7.21. The summed E-state index contributed by atoms with van der Waals surface area (Å²) in [7, 11) is 0. The standard InChI is InChI=1S/C25HF21N6/c26-4-1-16(13(35)10(32)7(4)29)50(47-19(1)23(38,39)40)22(51-17-2(20(48-51)24(41,42)43)5(27)8(30)11(33)14(17)36)52-18-3(21(49-52)25(44,45)46)6(28)9(31)12(34)15(18)37/h22H. The quantitative estimate of drug-likeness (QED) is 0.102. The molecular weight excluding hydrogens is 783 g/mol. The van der Waals surface area contributed by atoms with E-state index in [9.17, 15) is 79.0 Å². The lowest BCUT2D eigenvalue weighted by molar-refractivity contribution is -0.140. The van der Waals surface area contributed by atoms with Crippen molar-refractivity contribution >= 4 is 32.7 Å². The van der Waals surface area contributed by atoms with Crippen molar-refractivity contribution in [1.29, 1.82) is 0 Å². The van der Waals surface area contributed by atoms with Crippen LogP contribution in [-0.2, 0) is 18.5 Å². The van der Waals surface area contributed by atoms with Crippen molar-refractivity contribution in [2.75, 3.05) is 0 Å². The largest absolute Gasteiger partial charge is 0.435 e. The lowest BCUT2D eigenvalue weighted by atomic mass is 10.1. The summed E-state index contributed by atoms with van der Waals surface area (Å²) in [6, 6.07) is 0. The third-order valence-corrected chi connectivity index (χ3v) is 7.21. The van der Waals surface area contributed by atoms with E-state index in [1.165, 1.54) is 0 Å². The first-order chi connectivity index (χ1) is 23.7. The molecule has 27 heteroatoms. The maximum atomic E-state index is 15.3. The van der Waals surface area contributed by atoms with Gasteiger partial charge in [0.2, 0.25) is 6.29 Å². The van der Waals surface area contributed by atoms with E-state index < -0.39 is 158 Å². The van der Waals surface area contributed by atoms with Gasteiger partial charge in [0, 0.05) is 0 Å². The first-order valence-corrected chi connectivity index (χ1v) is 12.7. The highest BCUT2D eigenvalue weighted by Gasteiger charge is 2.48. The van der Waals surface area contributed by atoms with Crippen LogP contribution < -0.4 is 0 Å². The fraction of sp³-hybridized carbons (Fsp3) is 0.160. The van der Waals surface area contributed by atoms with Crippen molar-refractivity contribution in [3.8, 4) is 0 Å². The Kier molecular flexibility index (Phi) is 7.73. The minimum atomic E-state index is -6.24. The number of nitrogens with zero attached hydrogens (tertiary/aromatic N) is 6. The average Bonchev–Trinajstić information content (AvgIpc) is 3.76. The van der Waals surface area contributed by atoms with Gasteiger partial charge in [-0.15, -0.1) is 0 Å². The molecule has 0 aliphatic rings. The Morgan fingerprint density at radius 2 is 0.500 bits per heavy atom. The molecule has 0 aliphatic heterocycles. The van der Waals surface area contributed by atoms with Gasteiger partial charge in [0.05, 0.1) is 16.2 Å². The third kappa shape index (κ3) is 4.82. The molecule has 6 aromatic rings. The summed E-state index contributed by atoms with van der Waals surface area (Å²) >= 11 is 0. The molecule has 0 atom stereocenters. The van der Waals surface area contributed by atoms with E-state index in [0.29, 0.717) is 0 Å². The molecule has 6 nitrogen and oxygen atoms in total. The van der Waals surface area contributed by atoms with Gasteiger partial charge in [-0.3, -0.25) is 0 Å². The van der Waals surface area contributed by atoms with Gasteiger partial charge in [-0.2, -0.15) is 54.8 Å². The molecule has 0 unspecified atom stereocenters. The number of alkyl halides is 9. The second kappa shape index (κ2) is 11.1. The fourth-order valence-electron chi connectivity index (χ4n) is 5.18. The van der Waals surface area contributed by atoms with E-state index in [0.717, 1.165) is 0 Å². The maximum absolute atomic E-state index is 15.3. The highest BCUT2D eigenvalue weighted by atomic mass is 19.4. The zero-order valence-electron chi connectivity index (χ0n) is 23.2. The Balaban J connectivity index is 1.99. The molecule has 6 rings (SSSR count). The van der Waals surface area contributed by atoms with Crippen molar-refractivity contribution in [2.45, 2.75) is 24.8 Å². The Bertz CT molecular complexity index is 2240. The van der Waals surface area contributed by atoms with Crippen LogP contribution in [0.15, 0.2) is 0 Å². The summed E-state index contributed by atoms with van der Waals surface area (Å²) in [6.07, 6.45) is -22.8. The Morgan fingerprint density at radius 1 is 0.308 bits per heavy atom. The highest BCUT2D eigenvalue weighted by Crippen LogP contribution is 2.45. The monoisotopic (exact) mass is 784 g/mol. The van der Waals surface area contributed by atoms with Crippen LogP contribution in [0, 0.1) is 69.8 Å². The van der Waals surface area contributed by atoms with Crippen LogP contribution in [-0.4, -0.2) is 29.3 Å². The van der Waals surface area contributed by atoms with E-state index in [4.69, 9.17) is 0 Å². The van der Waals surface area contributed by atoms with E-state index in [1.807, 2.05) is 0 Å². The summed E-state index contributed by atoms with van der Waals surface area (Å²) in [4.78, 5) is 0. The molecule has 0 bridgehead atoms. The van der Waals surface area contributed by atoms with E-state index >= 15 is 13.2 Å². The first kappa shape index (κ1) is 36.4. The van der Waals surface area contributed by atoms with E-state index in [1.54, 1.807) is 0 Å². The number of rotatable bonds is 3.